The molecule has 2 nitrogen and oxygen atoms in total. The van der Waals surface area contributed by atoms with Crippen LogP contribution in [0.3, 0.4) is 0 Å². The quantitative estimate of drug-likeness (QED) is 0.813. The molecule has 2 aliphatic rings. The highest BCUT2D eigenvalue weighted by molar-refractivity contribution is 5.40. The molecule has 1 aromatic carbocycles. The molecule has 3 rings (SSSR count). The van der Waals surface area contributed by atoms with Crippen molar-refractivity contribution >= 4 is 0 Å². The Morgan fingerprint density at radius 1 is 1.14 bits per heavy atom. The Balaban J connectivity index is 1.88. The number of rotatable bonds is 5. The molecular weight excluding hydrogens is 258 g/mol. The van der Waals surface area contributed by atoms with E-state index in [-0.39, 0.29) is 0 Å². The molecule has 1 aromatic rings. The van der Waals surface area contributed by atoms with Crippen molar-refractivity contribution in [1.29, 1.82) is 0 Å². The molecule has 0 spiro atoms. The third kappa shape index (κ3) is 3.42. The third-order valence-electron chi connectivity index (χ3n) is 5.39. The summed E-state index contributed by atoms with van der Waals surface area (Å²) in [6.07, 6.45) is 10.9. The second-order valence-electron chi connectivity index (χ2n) is 7.03. The van der Waals surface area contributed by atoms with Crippen molar-refractivity contribution in [2.75, 3.05) is 13.7 Å². The first-order chi connectivity index (χ1) is 10.2. The maximum atomic E-state index is 5.57. The number of hydrogen-bond donors (Lipinski definition) is 1. The van der Waals surface area contributed by atoms with Crippen LogP contribution >= 0.6 is 0 Å². The molecule has 0 radical (unpaired) electrons. The van der Waals surface area contributed by atoms with Crippen LogP contribution in [0, 0.1) is 6.92 Å². The minimum absolute atomic E-state index is 0.320. The molecule has 0 saturated heterocycles. The second kappa shape index (κ2) is 6.39. The van der Waals surface area contributed by atoms with Gasteiger partial charge in [0, 0.05) is 18.0 Å². The van der Waals surface area contributed by atoms with E-state index in [2.05, 4.69) is 30.4 Å². The van der Waals surface area contributed by atoms with E-state index < -0.39 is 0 Å². The SMILES string of the molecule is COc1cc(C2(CNC3CC3)CCCCCC2)ccc1C. The Morgan fingerprint density at radius 2 is 1.86 bits per heavy atom. The number of methoxy groups -OCH3 is 1. The fourth-order valence-electron chi connectivity index (χ4n) is 3.75. The highest BCUT2D eigenvalue weighted by Crippen LogP contribution is 2.40. The van der Waals surface area contributed by atoms with Crippen LogP contribution in [0.4, 0.5) is 0 Å². The van der Waals surface area contributed by atoms with Gasteiger partial charge in [0.05, 0.1) is 7.11 Å². The standard InChI is InChI=1S/C19H29NO/c1-15-7-8-16(13-18(15)21-2)19(14-20-17-9-10-17)11-5-3-4-6-12-19/h7-8,13,17,20H,3-6,9-12,14H2,1-2H3. The summed E-state index contributed by atoms with van der Waals surface area (Å²) in [5.41, 5.74) is 3.04. The zero-order chi connectivity index (χ0) is 14.7. The van der Waals surface area contributed by atoms with Gasteiger partial charge in [0.2, 0.25) is 0 Å². The number of ether oxygens (including phenoxy) is 1. The van der Waals surface area contributed by atoms with E-state index in [1.165, 1.54) is 62.5 Å². The Labute approximate surface area is 129 Å². The second-order valence-corrected chi connectivity index (χ2v) is 7.03. The van der Waals surface area contributed by atoms with Gasteiger partial charge in [0.15, 0.2) is 0 Å². The van der Waals surface area contributed by atoms with Crippen molar-refractivity contribution in [3.63, 3.8) is 0 Å². The summed E-state index contributed by atoms with van der Waals surface area (Å²) >= 11 is 0. The number of nitrogens with one attached hydrogen (secondary N) is 1. The molecule has 2 saturated carbocycles. The lowest BCUT2D eigenvalue weighted by atomic mass is 9.74. The van der Waals surface area contributed by atoms with Crippen molar-refractivity contribution in [1.82, 2.24) is 5.32 Å². The molecule has 0 aromatic heterocycles. The van der Waals surface area contributed by atoms with Crippen LogP contribution in [0.2, 0.25) is 0 Å². The van der Waals surface area contributed by atoms with Crippen LogP contribution in [0.25, 0.3) is 0 Å². The first kappa shape index (κ1) is 14.9. The van der Waals surface area contributed by atoms with E-state index in [0.717, 1.165) is 18.3 Å². The lowest BCUT2D eigenvalue weighted by Gasteiger charge is -2.34. The number of benzene rings is 1. The van der Waals surface area contributed by atoms with Crippen molar-refractivity contribution in [2.24, 2.45) is 0 Å². The Bertz CT molecular complexity index is 470. The minimum atomic E-state index is 0.320. The molecule has 2 heteroatoms. The van der Waals surface area contributed by atoms with Crippen molar-refractivity contribution < 1.29 is 4.74 Å². The average Bonchev–Trinajstić information content (AvgIpc) is 3.33. The fourth-order valence-corrected chi connectivity index (χ4v) is 3.75. The van der Waals surface area contributed by atoms with Crippen LogP contribution < -0.4 is 10.1 Å². The summed E-state index contributed by atoms with van der Waals surface area (Å²) in [6, 6.07) is 7.67. The minimum Gasteiger partial charge on any atom is -0.496 e. The molecule has 0 aliphatic heterocycles. The van der Waals surface area contributed by atoms with Gasteiger partial charge in [-0.15, -0.1) is 0 Å². The van der Waals surface area contributed by atoms with Gasteiger partial charge in [-0.25, -0.2) is 0 Å². The lowest BCUT2D eigenvalue weighted by molar-refractivity contribution is 0.343. The highest BCUT2D eigenvalue weighted by Gasteiger charge is 2.35. The van der Waals surface area contributed by atoms with Gasteiger partial charge in [-0.05, 0) is 49.8 Å². The highest BCUT2D eigenvalue weighted by atomic mass is 16.5. The Kier molecular flexibility index (Phi) is 4.54. The van der Waals surface area contributed by atoms with Crippen LogP contribution in [-0.2, 0) is 5.41 Å². The molecule has 21 heavy (non-hydrogen) atoms. The van der Waals surface area contributed by atoms with E-state index >= 15 is 0 Å². The van der Waals surface area contributed by atoms with Gasteiger partial charge in [-0.2, -0.15) is 0 Å². The summed E-state index contributed by atoms with van der Waals surface area (Å²) < 4.78 is 5.57. The van der Waals surface area contributed by atoms with E-state index in [1.807, 2.05) is 0 Å². The normalized spacial score (nSPS) is 21.8. The maximum Gasteiger partial charge on any atom is 0.122 e. The fraction of sp³-hybridized carbons (Fsp3) is 0.684. The molecule has 1 N–H and O–H groups in total. The van der Waals surface area contributed by atoms with Crippen LogP contribution in [0.5, 0.6) is 5.75 Å². The topological polar surface area (TPSA) is 21.3 Å². The van der Waals surface area contributed by atoms with E-state index in [9.17, 15) is 0 Å². The van der Waals surface area contributed by atoms with E-state index in [4.69, 9.17) is 4.74 Å². The zero-order valence-electron chi connectivity index (χ0n) is 13.6. The van der Waals surface area contributed by atoms with E-state index in [0.29, 0.717) is 5.41 Å². The molecular formula is C19H29NO. The van der Waals surface area contributed by atoms with Crippen LogP contribution in [0.1, 0.15) is 62.5 Å². The molecule has 0 unspecified atom stereocenters. The smallest absolute Gasteiger partial charge is 0.122 e. The van der Waals surface area contributed by atoms with E-state index in [1.54, 1.807) is 7.11 Å². The van der Waals surface area contributed by atoms with Gasteiger partial charge in [-0.3, -0.25) is 0 Å². The maximum absolute atomic E-state index is 5.57. The molecule has 0 heterocycles. The first-order valence-electron chi connectivity index (χ1n) is 8.62. The van der Waals surface area contributed by atoms with Gasteiger partial charge in [0.1, 0.15) is 5.75 Å². The molecule has 2 aliphatic carbocycles. The summed E-state index contributed by atoms with van der Waals surface area (Å²) in [6.45, 7) is 3.27. The lowest BCUT2D eigenvalue weighted by Crippen LogP contribution is -2.39. The van der Waals surface area contributed by atoms with Crippen molar-refractivity contribution in [3.05, 3.63) is 29.3 Å². The Hall–Kier alpha value is -1.02. The average molecular weight is 287 g/mol. The van der Waals surface area contributed by atoms with Gasteiger partial charge in [-0.1, -0.05) is 37.8 Å². The predicted octanol–water partition coefficient (Wildman–Crippen LogP) is 4.35. The molecule has 0 bridgehead atoms. The summed E-state index contributed by atoms with van der Waals surface area (Å²) in [7, 11) is 1.79. The number of hydrogen-bond acceptors (Lipinski definition) is 2. The molecule has 116 valence electrons. The van der Waals surface area contributed by atoms with Crippen molar-refractivity contribution in [2.45, 2.75) is 69.7 Å². The summed E-state index contributed by atoms with van der Waals surface area (Å²) in [5, 5.41) is 3.80. The zero-order valence-corrected chi connectivity index (χ0v) is 13.6. The van der Waals surface area contributed by atoms with Crippen LogP contribution in [0.15, 0.2) is 18.2 Å². The monoisotopic (exact) mass is 287 g/mol. The Morgan fingerprint density at radius 3 is 2.48 bits per heavy atom. The van der Waals surface area contributed by atoms with Gasteiger partial charge < -0.3 is 10.1 Å². The first-order valence-corrected chi connectivity index (χ1v) is 8.62. The summed E-state index contributed by atoms with van der Waals surface area (Å²) in [5.74, 6) is 1.04. The van der Waals surface area contributed by atoms with Gasteiger partial charge >= 0.3 is 0 Å². The summed E-state index contributed by atoms with van der Waals surface area (Å²) in [4.78, 5) is 0. The third-order valence-corrected chi connectivity index (χ3v) is 5.39. The number of aryl methyl sites for hydroxylation is 1. The molecule has 0 atom stereocenters. The molecule has 2 fully saturated rings. The van der Waals surface area contributed by atoms with Gasteiger partial charge in [0.25, 0.3) is 0 Å². The largest absolute Gasteiger partial charge is 0.496 e. The molecule has 0 amide bonds. The predicted molar refractivity (Wildman–Crippen MR) is 88.1 cm³/mol. The van der Waals surface area contributed by atoms with Crippen molar-refractivity contribution in [3.8, 4) is 5.75 Å². The van der Waals surface area contributed by atoms with Crippen LogP contribution in [-0.4, -0.2) is 19.7 Å².